The van der Waals surface area contributed by atoms with Crippen LogP contribution in [0, 0.1) is 0 Å². The predicted octanol–water partition coefficient (Wildman–Crippen LogP) is 0.396. The minimum atomic E-state index is -0.314. The van der Waals surface area contributed by atoms with Gasteiger partial charge in [-0.25, -0.2) is 0 Å². The lowest BCUT2D eigenvalue weighted by molar-refractivity contribution is -0.130. The van der Waals surface area contributed by atoms with Crippen molar-refractivity contribution in [2.24, 2.45) is 0 Å². The van der Waals surface area contributed by atoms with Crippen molar-refractivity contribution in [3.05, 3.63) is 0 Å². The highest BCUT2D eigenvalue weighted by Gasteiger charge is 2.23. The molecule has 1 N–H and O–H groups in total. The summed E-state index contributed by atoms with van der Waals surface area (Å²) < 4.78 is 5.15. The molecular formula is C10H19NO3. The van der Waals surface area contributed by atoms with Gasteiger partial charge >= 0.3 is 0 Å². The van der Waals surface area contributed by atoms with E-state index in [4.69, 9.17) is 4.74 Å². The third kappa shape index (κ3) is 3.64. The number of amides is 1. The monoisotopic (exact) mass is 201 g/mol. The molecule has 14 heavy (non-hydrogen) atoms. The predicted molar refractivity (Wildman–Crippen MR) is 52.9 cm³/mol. The molecule has 0 aromatic heterocycles. The van der Waals surface area contributed by atoms with Gasteiger partial charge in [0.25, 0.3) is 0 Å². The number of aliphatic hydroxyl groups is 1. The van der Waals surface area contributed by atoms with E-state index in [1.54, 1.807) is 4.90 Å². The van der Waals surface area contributed by atoms with Crippen LogP contribution in [0.15, 0.2) is 0 Å². The average Bonchev–Trinajstić information content (AvgIpc) is 2.59. The van der Waals surface area contributed by atoms with Crippen molar-refractivity contribution in [3.8, 4) is 0 Å². The third-order valence-corrected chi connectivity index (χ3v) is 2.40. The minimum absolute atomic E-state index is 0.140. The van der Waals surface area contributed by atoms with E-state index in [1.807, 2.05) is 6.92 Å². The number of carbonyl (C=O) groups is 1. The maximum absolute atomic E-state index is 11.5. The molecule has 0 aliphatic carbocycles. The molecule has 4 heteroatoms. The van der Waals surface area contributed by atoms with E-state index in [1.165, 1.54) is 0 Å². The zero-order chi connectivity index (χ0) is 10.4. The Morgan fingerprint density at radius 3 is 3.00 bits per heavy atom. The van der Waals surface area contributed by atoms with E-state index in [0.717, 1.165) is 12.8 Å². The highest BCUT2D eigenvalue weighted by molar-refractivity contribution is 5.76. The summed E-state index contributed by atoms with van der Waals surface area (Å²) >= 11 is 0. The van der Waals surface area contributed by atoms with Gasteiger partial charge in [0.1, 0.15) is 0 Å². The summed E-state index contributed by atoms with van der Waals surface area (Å²) in [4.78, 5) is 13.2. The summed E-state index contributed by atoms with van der Waals surface area (Å²) in [7, 11) is 0. The van der Waals surface area contributed by atoms with Gasteiger partial charge < -0.3 is 14.7 Å². The second kappa shape index (κ2) is 5.98. The quantitative estimate of drug-likeness (QED) is 0.655. The van der Waals surface area contributed by atoms with E-state index in [-0.39, 0.29) is 12.0 Å². The number of hydrogen-bond acceptors (Lipinski definition) is 3. The topological polar surface area (TPSA) is 49.8 Å². The number of hydrogen-bond donors (Lipinski definition) is 1. The first kappa shape index (κ1) is 11.5. The maximum atomic E-state index is 11.5. The van der Waals surface area contributed by atoms with Gasteiger partial charge in [0.15, 0.2) is 0 Å². The van der Waals surface area contributed by atoms with Gasteiger partial charge in [-0.15, -0.1) is 0 Å². The van der Waals surface area contributed by atoms with Crippen molar-refractivity contribution in [2.45, 2.75) is 32.3 Å². The van der Waals surface area contributed by atoms with Crippen molar-refractivity contribution in [1.82, 2.24) is 4.90 Å². The number of ether oxygens (including phenoxy) is 1. The molecule has 1 rings (SSSR count). The molecule has 1 amide bonds. The van der Waals surface area contributed by atoms with E-state index < -0.39 is 0 Å². The Kier molecular flexibility index (Phi) is 4.90. The number of carbonyl (C=O) groups excluding carboxylic acids is 1. The number of likely N-dealkylation sites (tertiary alicyclic amines) is 1. The standard InChI is InChI=1S/C10H19NO3/c1-2-14-7-3-4-10(13)11-6-5-9(12)8-11/h9,12H,2-8H2,1H3/t9-/m1/s1. The van der Waals surface area contributed by atoms with Gasteiger partial charge in [-0.1, -0.05) is 0 Å². The van der Waals surface area contributed by atoms with Crippen LogP contribution >= 0.6 is 0 Å². The Labute approximate surface area is 84.8 Å². The molecule has 0 unspecified atom stereocenters. The number of rotatable bonds is 5. The van der Waals surface area contributed by atoms with Gasteiger partial charge in [-0.05, 0) is 19.8 Å². The fourth-order valence-corrected chi connectivity index (χ4v) is 1.60. The molecule has 0 saturated carbocycles. The molecule has 1 atom stereocenters. The van der Waals surface area contributed by atoms with Crippen LogP contribution in [0.1, 0.15) is 26.2 Å². The number of aliphatic hydroxyl groups excluding tert-OH is 1. The van der Waals surface area contributed by atoms with Crippen LogP contribution < -0.4 is 0 Å². The molecule has 0 spiro atoms. The van der Waals surface area contributed by atoms with Crippen LogP contribution in [-0.2, 0) is 9.53 Å². The molecule has 1 aliphatic rings. The van der Waals surface area contributed by atoms with Crippen molar-refractivity contribution < 1.29 is 14.6 Å². The van der Waals surface area contributed by atoms with E-state index in [0.29, 0.717) is 32.7 Å². The summed E-state index contributed by atoms with van der Waals surface area (Å²) in [5, 5.41) is 9.24. The van der Waals surface area contributed by atoms with Crippen LogP contribution in [0.25, 0.3) is 0 Å². The Bertz CT molecular complexity index is 184. The normalized spacial score (nSPS) is 21.6. The Balaban J connectivity index is 2.09. The zero-order valence-electron chi connectivity index (χ0n) is 8.74. The van der Waals surface area contributed by atoms with Gasteiger partial charge in [0, 0.05) is 32.7 Å². The molecule has 1 fully saturated rings. The molecule has 82 valence electrons. The molecule has 0 aromatic rings. The van der Waals surface area contributed by atoms with Gasteiger partial charge in [-0.3, -0.25) is 4.79 Å². The average molecular weight is 201 g/mol. The fraction of sp³-hybridized carbons (Fsp3) is 0.900. The first-order valence-electron chi connectivity index (χ1n) is 5.27. The zero-order valence-corrected chi connectivity index (χ0v) is 8.74. The second-order valence-electron chi connectivity index (χ2n) is 3.58. The minimum Gasteiger partial charge on any atom is -0.391 e. The highest BCUT2D eigenvalue weighted by Crippen LogP contribution is 2.10. The molecule has 0 radical (unpaired) electrons. The van der Waals surface area contributed by atoms with Gasteiger partial charge in [-0.2, -0.15) is 0 Å². The van der Waals surface area contributed by atoms with Crippen LogP contribution in [0.4, 0.5) is 0 Å². The molecule has 1 aliphatic heterocycles. The van der Waals surface area contributed by atoms with Crippen molar-refractivity contribution in [2.75, 3.05) is 26.3 Å². The Hall–Kier alpha value is -0.610. The Morgan fingerprint density at radius 1 is 1.64 bits per heavy atom. The SMILES string of the molecule is CCOCCCC(=O)N1CC[C@@H](O)C1. The lowest BCUT2D eigenvalue weighted by Gasteiger charge is -2.15. The van der Waals surface area contributed by atoms with Crippen molar-refractivity contribution >= 4 is 5.91 Å². The Morgan fingerprint density at radius 2 is 2.43 bits per heavy atom. The summed E-state index contributed by atoms with van der Waals surface area (Å²) in [6, 6.07) is 0. The van der Waals surface area contributed by atoms with Crippen molar-refractivity contribution in [1.29, 1.82) is 0 Å². The lowest BCUT2D eigenvalue weighted by Crippen LogP contribution is -2.29. The maximum Gasteiger partial charge on any atom is 0.222 e. The van der Waals surface area contributed by atoms with Gasteiger partial charge in [0.2, 0.25) is 5.91 Å². The van der Waals surface area contributed by atoms with Crippen molar-refractivity contribution in [3.63, 3.8) is 0 Å². The number of nitrogens with zero attached hydrogens (tertiary/aromatic N) is 1. The molecule has 0 bridgehead atoms. The molecular weight excluding hydrogens is 182 g/mol. The van der Waals surface area contributed by atoms with Crippen LogP contribution in [0.2, 0.25) is 0 Å². The number of β-amino-alcohol motifs (C(OH)–C–C–N with tert-alkyl or cyclic N) is 1. The van der Waals surface area contributed by atoms with Crippen LogP contribution in [0.3, 0.4) is 0 Å². The van der Waals surface area contributed by atoms with Crippen LogP contribution in [0.5, 0.6) is 0 Å². The summed E-state index contributed by atoms with van der Waals surface area (Å²) in [6.07, 6.45) is 1.72. The molecule has 4 nitrogen and oxygen atoms in total. The highest BCUT2D eigenvalue weighted by atomic mass is 16.5. The first-order chi connectivity index (χ1) is 6.74. The molecule has 1 saturated heterocycles. The second-order valence-corrected chi connectivity index (χ2v) is 3.58. The molecule has 1 heterocycles. The molecule has 0 aromatic carbocycles. The van der Waals surface area contributed by atoms with E-state index in [9.17, 15) is 9.90 Å². The summed E-state index contributed by atoms with van der Waals surface area (Å²) in [5.74, 6) is 0.140. The third-order valence-electron chi connectivity index (χ3n) is 2.40. The lowest BCUT2D eigenvalue weighted by atomic mass is 10.3. The smallest absolute Gasteiger partial charge is 0.222 e. The van der Waals surface area contributed by atoms with E-state index in [2.05, 4.69) is 0 Å². The summed E-state index contributed by atoms with van der Waals surface area (Å²) in [5.41, 5.74) is 0. The van der Waals surface area contributed by atoms with Gasteiger partial charge in [0.05, 0.1) is 6.10 Å². The largest absolute Gasteiger partial charge is 0.391 e. The van der Waals surface area contributed by atoms with Crippen LogP contribution in [-0.4, -0.2) is 48.3 Å². The summed E-state index contributed by atoms with van der Waals surface area (Å²) in [6.45, 7) is 4.51. The van der Waals surface area contributed by atoms with E-state index >= 15 is 0 Å². The first-order valence-corrected chi connectivity index (χ1v) is 5.27. The fourth-order valence-electron chi connectivity index (χ4n) is 1.60.